The molecule has 2 atom stereocenters. The average molecular weight is 315 g/mol. The maximum absolute atomic E-state index is 12.3. The van der Waals surface area contributed by atoms with E-state index in [4.69, 9.17) is 5.73 Å². The fraction of sp³-hybridized carbons (Fsp3) is 0.667. The first kappa shape index (κ1) is 15.9. The van der Waals surface area contributed by atoms with E-state index in [0.717, 1.165) is 12.8 Å². The molecule has 0 aliphatic carbocycles. The Labute approximate surface area is 124 Å². The van der Waals surface area contributed by atoms with Gasteiger partial charge in [-0.1, -0.05) is 0 Å². The van der Waals surface area contributed by atoms with Crippen LogP contribution in [0.1, 0.15) is 19.8 Å². The molecule has 118 valence electrons. The first-order valence-electron chi connectivity index (χ1n) is 6.85. The Hall–Kier alpha value is -1.45. The minimum Gasteiger partial charge on any atom is -0.340 e. The van der Waals surface area contributed by atoms with Gasteiger partial charge in [0.15, 0.2) is 0 Å². The fourth-order valence-corrected chi connectivity index (χ4v) is 3.55. The Bertz CT molecular complexity index is 612. The summed E-state index contributed by atoms with van der Waals surface area (Å²) in [4.78, 5) is 13.9. The Balaban J connectivity index is 2.03. The molecule has 1 aromatic heterocycles. The summed E-state index contributed by atoms with van der Waals surface area (Å²) < 4.78 is 28.1. The number of nitrogens with two attached hydrogens (primary N) is 1. The quantitative estimate of drug-likeness (QED) is 0.743. The van der Waals surface area contributed by atoms with Gasteiger partial charge in [0, 0.05) is 32.4 Å². The largest absolute Gasteiger partial charge is 0.340 e. The van der Waals surface area contributed by atoms with Crippen LogP contribution in [0.15, 0.2) is 17.3 Å². The zero-order chi connectivity index (χ0) is 15.6. The van der Waals surface area contributed by atoms with Crippen LogP contribution in [0.5, 0.6) is 0 Å². The van der Waals surface area contributed by atoms with Gasteiger partial charge in [0.2, 0.25) is 15.9 Å². The van der Waals surface area contributed by atoms with Crippen LogP contribution in [0.25, 0.3) is 0 Å². The SMILES string of the molecule is CC(NS(=O)(=O)c1cnn(C)c1)C(=O)N1CCCC(N)C1. The molecule has 0 saturated carbocycles. The van der Waals surface area contributed by atoms with Crippen LogP contribution in [-0.2, 0) is 21.9 Å². The number of carbonyl (C=O) groups excluding carboxylic acids is 1. The van der Waals surface area contributed by atoms with E-state index in [1.54, 1.807) is 11.9 Å². The van der Waals surface area contributed by atoms with Crippen LogP contribution in [0.3, 0.4) is 0 Å². The minimum atomic E-state index is -3.75. The summed E-state index contributed by atoms with van der Waals surface area (Å²) in [5.41, 5.74) is 5.84. The molecule has 1 amide bonds. The summed E-state index contributed by atoms with van der Waals surface area (Å²) in [6.07, 6.45) is 4.36. The molecule has 2 heterocycles. The number of amides is 1. The van der Waals surface area contributed by atoms with Gasteiger partial charge in [-0.2, -0.15) is 9.82 Å². The van der Waals surface area contributed by atoms with Crippen LogP contribution >= 0.6 is 0 Å². The number of rotatable bonds is 4. The second-order valence-corrected chi connectivity index (χ2v) is 7.09. The van der Waals surface area contributed by atoms with Gasteiger partial charge in [-0.3, -0.25) is 9.48 Å². The predicted molar refractivity (Wildman–Crippen MR) is 76.8 cm³/mol. The lowest BCUT2D eigenvalue weighted by Crippen LogP contribution is -2.52. The van der Waals surface area contributed by atoms with Crippen LogP contribution in [0, 0.1) is 0 Å². The van der Waals surface area contributed by atoms with Crippen molar-refractivity contribution in [2.45, 2.75) is 36.7 Å². The van der Waals surface area contributed by atoms with Gasteiger partial charge < -0.3 is 10.6 Å². The lowest BCUT2D eigenvalue weighted by molar-refractivity contribution is -0.133. The van der Waals surface area contributed by atoms with Crippen molar-refractivity contribution in [1.29, 1.82) is 0 Å². The Morgan fingerprint density at radius 2 is 2.29 bits per heavy atom. The van der Waals surface area contributed by atoms with Gasteiger partial charge in [-0.25, -0.2) is 8.42 Å². The summed E-state index contributed by atoms with van der Waals surface area (Å²) in [7, 11) is -2.12. The summed E-state index contributed by atoms with van der Waals surface area (Å²) in [6, 6.07) is -0.870. The van der Waals surface area contributed by atoms with Crippen LogP contribution in [-0.4, -0.2) is 54.2 Å². The highest BCUT2D eigenvalue weighted by atomic mass is 32.2. The van der Waals surface area contributed by atoms with Gasteiger partial charge in [0.1, 0.15) is 4.90 Å². The normalized spacial score (nSPS) is 21.3. The van der Waals surface area contributed by atoms with Crippen molar-refractivity contribution in [3.05, 3.63) is 12.4 Å². The number of aromatic nitrogens is 2. The van der Waals surface area contributed by atoms with Crippen molar-refractivity contribution in [2.75, 3.05) is 13.1 Å². The Morgan fingerprint density at radius 1 is 1.57 bits per heavy atom. The molecular weight excluding hydrogens is 294 g/mol. The number of piperidine rings is 1. The number of likely N-dealkylation sites (tertiary alicyclic amines) is 1. The predicted octanol–water partition coefficient (Wildman–Crippen LogP) is -0.963. The molecule has 2 unspecified atom stereocenters. The highest BCUT2D eigenvalue weighted by Crippen LogP contribution is 2.12. The van der Waals surface area contributed by atoms with Crippen molar-refractivity contribution in [1.82, 2.24) is 19.4 Å². The highest BCUT2D eigenvalue weighted by molar-refractivity contribution is 7.89. The lowest BCUT2D eigenvalue weighted by Gasteiger charge is -2.32. The molecule has 1 aliphatic heterocycles. The standard InChI is InChI=1S/C12H21N5O3S/c1-9(12(18)17-5-3-4-10(13)7-17)15-21(19,20)11-6-14-16(2)8-11/h6,8-10,15H,3-5,7,13H2,1-2H3. The summed E-state index contributed by atoms with van der Waals surface area (Å²) in [6.45, 7) is 2.62. The molecule has 8 nitrogen and oxygen atoms in total. The van der Waals surface area contributed by atoms with Gasteiger partial charge in [0.25, 0.3) is 0 Å². The molecule has 0 radical (unpaired) electrons. The second-order valence-electron chi connectivity index (χ2n) is 5.38. The highest BCUT2D eigenvalue weighted by Gasteiger charge is 2.28. The molecule has 0 bridgehead atoms. The third-order valence-corrected chi connectivity index (χ3v) is 4.96. The van der Waals surface area contributed by atoms with Gasteiger partial charge in [-0.15, -0.1) is 0 Å². The molecule has 3 N–H and O–H groups in total. The Kier molecular flexibility index (Phi) is 4.64. The summed E-state index contributed by atoms with van der Waals surface area (Å²) >= 11 is 0. The maximum atomic E-state index is 12.3. The average Bonchev–Trinajstić information content (AvgIpc) is 2.85. The van der Waals surface area contributed by atoms with Gasteiger partial charge in [0.05, 0.1) is 12.2 Å². The number of nitrogens with zero attached hydrogens (tertiary/aromatic N) is 3. The molecule has 2 rings (SSSR count). The minimum absolute atomic E-state index is 0.0372. The van der Waals surface area contributed by atoms with E-state index in [1.807, 2.05) is 0 Å². The van der Waals surface area contributed by atoms with E-state index >= 15 is 0 Å². The number of aryl methyl sites for hydroxylation is 1. The van der Waals surface area contributed by atoms with E-state index < -0.39 is 16.1 Å². The summed E-state index contributed by atoms with van der Waals surface area (Å²) in [5, 5.41) is 3.82. The number of hydrogen-bond acceptors (Lipinski definition) is 5. The summed E-state index contributed by atoms with van der Waals surface area (Å²) in [5.74, 6) is -0.252. The topological polar surface area (TPSA) is 110 Å². The smallest absolute Gasteiger partial charge is 0.244 e. The molecule has 1 aromatic rings. The van der Waals surface area contributed by atoms with Crippen LogP contribution in [0.2, 0.25) is 0 Å². The van der Waals surface area contributed by atoms with E-state index in [0.29, 0.717) is 13.1 Å². The van der Waals surface area contributed by atoms with Crippen molar-refractivity contribution >= 4 is 15.9 Å². The number of nitrogens with one attached hydrogen (secondary N) is 1. The van der Waals surface area contributed by atoms with Crippen molar-refractivity contribution in [3.63, 3.8) is 0 Å². The third kappa shape index (κ3) is 3.80. The molecular formula is C12H21N5O3S. The third-order valence-electron chi connectivity index (χ3n) is 3.46. The lowest BCUT2D eigenvalue weighted by atomic mass is 10.1. The zero-order valence-electron chi connectivity index (χ0n) is 12.2. The second kappa shape index (κ2) is 6.12. The first-order chi connectivity index (χ1) is 9.79. The maximum Gasteiger partial charge on any atom is 0.244 e. The first-order valence-corrected chi connectivity index (χ1v) is 8.33. The van der Waals surface area contributed by atoms with E-state index in [1.165, 1.54) is 24.0 Å². The molecule has 1 aliphatic rings. The van der Waals surface area contributed by atoms with Crippen molar-refractivity contribution in [2.24, 2.45) is 12.8 Å². The number of sulfonamides is 1. The molecule has 21 heavy (non-hydrogen) atoms. The van der Waals surface area contributed by atoms with E-state index in [2.05, 4.69) is 9.82 Å². The number of hydrogen-bond donors (Lipinski definition) is 2. The molecule has 0 aromatic carbocycles. The van der Waals surface area contributed by atoms with E-state index in [9.17, 15) is 13.2 Å². The fourth-order valence-electron chi connectivity index (χ4n) is 2.37. The van der Waals surface area contributed by atoms with Crippen molar-refractivity contribution < 1.29 is 13.2 Å². The van der Waals surface area contributed by atoms with Crippen molar-refractivity contribution in [3.8, 4) is 0 Å². The molecule has 9 heteroatoms. The van der Waals surface area contributed by atoms with Gasteiger partial charge >= 0.3 is 0 Å². The van der Waals surface area contributed by atoms with Crippen LogP contribution in [0.4, 0.5) is 0 Å². The number of carbonyl (C=O) groups is 1. The monoisotopic (exact) mass is 315 g/mol. The van der Waals surface area contributed by atoms with Crippen LogP contribution < -0.4 is 10.5 Å². The van der Waals surface area contributed by atoms with E-state index in [-0.39, 0.29) is 16.8 Å². The Morgan fingerprint density at radius 3 is 2.86 bits per heavy atom. The molecule has 0 spiro atoms. The zero-order valence-corrected chi connectivity index (χ0v) is 13.0. The van der Waals surface area contributed by atoms with Gasteiger partial charge in [-0.05, 0) is 19.8 Å². The molecule has 1 saturated heterocycles. The molecule has 1 fully saturated rings.